The Balaban J connectivity index is 2.42. The summed E-state index contributed by atoms with van der Waals surface area (Å²) in [7, 11) is 0. The zero-order valence-corrected chi connectivity index (χ0v) is 10.1. The van der Waals surface area contributed by atoms with E-state index in [2.05, 4.69) is 19.2 Å². The number of likely N-dealkylation sites (tertiary alicyclic amines) is 1. The van der Waals surface area contributed by atoms with Gasteiger partial charge in [-0.15, -0.1) is 0 Å². The van der Waals surface area contributed by atoms with Crippen molar-refractivity contribution in [2.75, 3.05) is 13.1 Å². The van der Waals surface area contributed by atoms with Crippen LogP contribution in [-0.2, 0) is 4.79 Å². The summed E-state index contributed by atoms with van der Waals surface area (Å²) in [6, 6.07) is -1.09. The van der Waals surface area contributed by atoms with Crippen LogP contribution in [0.15, 0.2) is 0 Å². The van der Waals surface area contributed by atoms with Gasteiger partial charge in [-0.05, 0) is 25.2 Å². The Kier molecular flexibility index (Phi) is 4.15. The molecule has 1 aliphatic heterocycles. The van der Waals surface area contributed by atoms with Gasteiger partial charge in [-0.3, -0.25) is 4.79 Å². The molecule has 1 heterocycles. The lowest BCUT2D eigenvalue weighted by Gasteiger charge is -2.20. The molecule has 16 heavy (non-hydrogen) atoms. The number of carbonyl (C=O) groups is 2. The SMILES string of the molecule is CC(C)C1CCN(C(=O)N[C@@H](C)C(=O)O)C1. The second-order valence-corrected chi connectivity index (χ2v) is 4.75. The standard InChI is InChI=1S/C11H20N2O3/c1-7(2)9-4-5-13(6-9)11(16)12-8(3)10(14)15/h7-9H,4-6H2,1-3H3,(H,12,16)(H,14,15)/t8-,9?/m0/s1. The molecular formula is C11H20N2O3. The third-order valence-corrected chi connectivity index (χ3v) is 3.17. The lowest BCUT2D eigenvalue weighted by atomic mass is 9.95. The number of nitrogens with one attached hydrogen (secondary N) is 1. The van der Waals surface area contributed by atoms with Crippen LogP contribution in [0.4, 0.5) is 4.79 Å². The number of carboxylic acid groups (broad SMARTS) is 1. The van der Waals surface area contributed by atoms with Crippen molar-refractivity contribution >= 4 is 12.0 Å². The van der Waals surface area contributed by atoms with Crippen LogP contribution in [0.1, 0.15) is 27.2 Å². The van der Waals surface area contributed by atoms with E-state index < -0.39 is 12.0 Å². The molecule has 0 aromatic heterocycles. The van der Waals surface area contributed by atoms with Gasteiger partial charge in [0.2, 0.25) is 0 Å². The predicted octanol–water partition coefficient (Wildman–Crippen LogP) is 1.15. The number of hydrogen-bond donors (Lipinski definition) is 2. The molecule has 0 aromatic carbocycles. The van der Waals surface area contributed by atoms with Gasteiger partial charge in [0.1, 0.15) is 6.04 Å². The molecule has 1 rings (SSSR count). The zero-order valence-electron chi connectivity index (χ0n) is 10.1. The predicted molar refractivity (Wildman–Crippen MR) is 60.1 cm³/mol. The van der Waals surface area contributed by atoms with Crippen LogP contribution in [0.5, 0.6) is 0 Å². The van der Waals surface area contributed by atoms with E-state index in [0.29, 0.717) is 11.8 Å². The highest BCUT2D eigenvalue weighted by molar-refractivity contribution is 5.82. The fourth-order valence-electron chi connectivity index (χ4n) is 1.85. The second-order valence-electron chi connectivity index (χ2n) is 4.75. The average Bonchev–Trinajstić information content (AvgIpc) is 2.65. The molecule has 5 nitrogen and oxygen atoms in total. The highest BCUT2D eigenvalue weighted by Gasteiger charge is 2.29. The first-order valence-electron chi connectivity index (χ1n) is 5.70. The van der Waals surface area contributed by atoms with Gasteiger partial charge in [-0.1, -0.05) is 13.8 Å². The van der Waals surface area contributed by atoms with E-state index in [-0.39, 0.29) is 6.03 Å². The quantitative estimate of drug-likeness (QED) is 0.761. The number of amides is 2. The number of hydrogen-bond acceptors (Lipinski definition) is 2. The summed E-state index contributed by atoms with van der Waals surface area (Å²) < 4.78 is 0. The van der Waals surface area contributed by atoms with Gasteiger partial charge >= 0.3 is 12.0 Å². The van der Waals surface area contributed by atoms with Gasteiger partial charge in [0.25, 0.3) is 0 Å². The minimum Gasteiger partial charge on any atom is -0.480 e. The van der Waals surface area contributed by atoms with Gasteiger partial charge in [-0.2, -0.15) is 0 Å². The minimum atomic E-state index is -1.01. The zero-order chi connectivity index (χ0) is 12.3. The van der Waals surface area contributed by atoms with E-state index in [1.807, 2.05) is 0 Å². The van der Waals surface area contributed by atoms with Crippen molar-refractivity contribution in [3.8, 4) is 0 Å². The molecule has 1 aliphatic rings. The lowest BCUT2D eigenvalue weighted by Crippen LogP contribution is -2.45. The van der Waals surface area contributed by atoms with Crippen LogP contribution in [-0.4, -0.2) is 41.1 Å². The van der Waals surface area contributed by atoms with E-state index in [1.54, 1.807) is 4.90 Å². The van der Waals surface area contributed by atoms with Crippen LogP contribution < -0.4 is 5.32 Å². The summed E-state index contributed by atoms with van der Waals surface area (Å²) >= 11 is 0. The number of aliphatic carboxylic acids is 1. The maximum atomic E-state index is 11.7. The molecule has 2 amide bonds. The molecule has 0 saturated carbocycles. The van der Waals surface area contributed by atoms with Crippen LogP contribution >= 0.6 is 0 Å². The highest BCUT2D eigenvalue weighted by Crippen LogP contribution is 2.23. The molecule has 0 radical (unpaired) electrons. The first-order valence-corrected chi connectivity index (χ1v) is 5.70. The van der Waals surface area contributed by atoms with Gasteiger partial charge in [-0.25, -0.2) is 4.79 Å². The van der Waals surface area contributed by atoms with Crippen molar-refractivity contribution in [3.05, 3.63) is 0 Å². The summed E-state index contributed by atoms with van der Waals surface area (Å²) in [5.74, 6) is 0.0912. The normalized spacial score (nSPS) is 22.2. The Morgan fingerprint density at radius 1 is 1.38 bits per heavy atom. The Bertz CT molecular complexity index is 278. The van der Waals surface area contributed by atoms with Gasteiger partial charge < -0.3 is 15.3 Å². The summed E-state index contributed by atoms with van der Waals surface area (Å²) in [5, 5.41) is 11.1. The van der Waals surface area contributed by atoms with E-state index in [9.17, 15) is 9.59 Å². The maximum absolute atomic E-state index is 11.7. The van der Waals surface area contributed by atoms with Crippen molar-refractivity contribution in [1.82, 2.24) is 10.2 Å². The largest absolute Gasteiger partial charge is 0.480 e. The topological polar surface area (TPSA) is 69.6 Å². The van der Waals surface area contributed by atoms with Crippen LogP contribution in [0.3, 0.4) is 0 Å². The van der Waals surface area contributed by atoms with Crippen LogP contribution in [0, 0.1) is 11.8 Å². The van der Waals surface area contributed by atoms with Gasteiger partial charge in [0, 0.05) is 13.1 Å². The molecule has 0 aliphatic carbocycles. The number of carboxylic acids is 1. The monoisotopic (exact) mass is 228 g/mol. The first-order chi connectivity index (χ1) is 7.41. The van der Waals surface area contributed by atoms with Crippen LogP contribution in [0.2, 0.25) is 0 Å². The van der Waals surface area contributed by atoms with Crippen molar-refractivity contribution in [2.45, 2.75) is 33.2 Å². The van der Waals surface area contributed by atoms with Crippen LogP contribution in [0.25, 0.3) is 0 Å². The van der Waals surface area contributed by atoms with Gasteiger partial charge in [0.15, 0.2) is 0 Å². The smallest absolute Gasteiger partial charge is 0.325 e. The second kappa shape index (κ2) is 5.18. The van der Waals surface area contributed by atoms with Crippen molar-refractivity contribution in [1.29, 1.82) is 0 Å². The number of rotatable bonds is 3. The first kappa shape index (κ1) is 12.8. The molecule has 0 bridgehead atoms. The third-order valence-electron chi connectivity index (χ3n) is 3.17. The Labute approximate surface area is 95.8 Å². The number of nitrogens with zero attached hydrogens (tertiary/aromatic N) is 1. The molecular weight excluding hydrogens is 208 g/mol. The number of carbonyl (C=O) groups excluding carboxylic acids is 1. The van der Waals surface area contributed by atoms with E-state index >= 15 is 0 Å². The summed E-state index contributed by atoms with van der Waals surface area (Å²) in [6.45, 7) is 7.21. The Morgan fingerprint density at radius 3 is 2.44 bits per heavy atom. The summed E-state index contributed by atoms with van der Waals surface area (Å²) in [6.07, 6.45) is 1.01. The molecule has 0 spiro atoms. The maximum Gasteiger partial charge on any atom is 0.325 e. The van der Waals surface area contributed by atoms with E-state index in [1.165, 1.54) is 6.92 Å². The van der Waals surface area contributed by atoms with Crippen molar-refractivity contribution < 1.29 is 14.7 Å². The van der Waals surface area contributed by atoms with E-state index in [4.69, 9.17) is 5.11 Å². The molecule has 1 saturated heterocycles. The molecule has 1 unspecified atom stereocenters. The van der Waals surface area contributed by atoms with Gasteiger partial charge in [0.05, 0.1) is 0 Å². The lowest BCUT2D eigenvalue weighted by molar-refractivity contribution is -0.138. The average molecular weight is 228 g/mol. The fraction of sp³-hybridized carbons (Fsp3) is 0.818. The summed E-state index contributed by atoms with van der Waals surface area (Å²) in [5.41, 5.74) is 0. The highest BCUT2D eigenvalue weighted by atomic mass is 16.4. The third kappa shape index (κ3) is 3.12. The minimum absolute atomic E-state index is 0.266. The fourth-order valence-corrected chi connectivity index (χ4v) is 1.85. The van der Waals surface area contributed by atoms with E-state index in [0.717, 1.165) is 19.5 Å². The molecule has 1 fully saturated rings. The summed E-state index contributed by atoms with van der Waals surface area (Å²) in [4.78, 5) is 24.0. The number of urea groups is 1. The molecule has 2 N–H and O–H groups in total. The molecule has 5 heteroatoms. The molecule has 2 atom stereocenters. The Hall–Kier alpha value is -1.26. The molecule has 92 valence electrons. The van der Waals surface area contributed by atoms with Crippen molar-refractivity contribution in [3.63, 3.8) is 0 Å². The van der Waals surface area contributed by atoms with Crippen molar-refractivity contribution in [2.24, 2.45) is 11.8 Å². The Morgan fingerprint density at radius 2 is 2.00 bits per heavy atom. The molecule has 0 aromatic rings.